The van der Waals surface area contributed by atoms with Crippen molar-refractivity contribution in [2.24, 2.45) is 0 Å². The Labute approximate surface area is 130 Å². The molecular weight excluding hydrogens is 290 g/mol. The van der Waals surface area contributed by atoms with E-state index in [1.807, 2.05) is 24.3 Å². The van der Waals surface area contributed by atoms with Gasteiger partial charge in [0.25, 0.3) is 0 Å². The van der Waals surface area contributed by atoms with Gasteiger partial charge < -0.3 is 14.6 Å². The van der Waals surface area contributed by atoms with Crippen LogP contribution in [0, 0.1) is 0 Å². The maximum absolute atomic E-state index is 10.7. The molecule has 5 heteroatoms. The molecule has 0 radical (unpaired) electrons. The first-order valence-corrected chi connectivity index (χ1v) is 8.04. The van der Waals surface area contributed by atoms with E-state index in [1.54, 1.807) is 0 Å². The van der Waals surface area contributed by atoms with Gasteiger partial charge in [-0.25, -0.2) is 0 Å². The zero-order valence-electron chi connectivity index (χ0n) is 12.1. The standard InChI is InChI=1S/C16H22ClNO3/c17-12-4-6-13(7-5-12)21-15-3-1-2-14(16(15)19)18-8-10-20-11-9-18/h4-7,14-16,19H,1-3,8-11H2/t14-,15+,16+/m0/s1. The van der Waals surface area contributed by atoms with Gasteiger partial charge in [0.1, 0.15) is 18.0 Å². The van der Waals surface area contributed by atoms with E-state index in [4.69, 9.17) is 21.1 Å². The summed E-state index contributed by atoms with van der Waals surface area (Å²) in [6.07, 6.45) is 2.41. The van der Waals surface area contributed by atoms with Crippen LogP contribution < -0.4 is 4.74 Å². The van der Waals surface area contributed by atoms with Crippen molar-refractivity contribution in [2.45, 2.75) is 37.5 Å². The molecule has 3 atom stereocenters. The zero-order chi connectivity index (χ0) is 14.7. The fourth-order valence-corrected chi connectivity index (χ4v) is 3.37. The van der Waals surface area contributed by atoms with Crippen LogP contribution in [0.4, 0.5) is 0 Å². The molecule has 21 heavy (non-hydrogen) atoms. The number of morpholine rings is 1. The van der Waals surface area contributed by atoms with E-state index in [1.165, 1.54) is 0 Å². The minimum atomic E-state index is -0.451. The molecule has 2 aliphatic rings. The van der Waals surface area contributed by atoms with Crippen LogP contribution >= 0.6 is 11.6 Å². The van der Waals surface area contributed by atoms with E-state index < -0.39 is 6.10 Å². The first kappa shape index (κ1) is 15.1. The average Bonchev–Trinajstić information content (AvgIpc) is 2.52. The highest BCUT2D eigenvalue weighted by atomic mass is 35.5. The van der Waals surface area contributed by atoms with Crippen molar-refractivity contribution in [3.63, 3.8) is 0 Å². The Hall–Kier alpha value is -0.810. The lowest BCUT2D eigenvalue weighted by atomic mass is 9.88. The highest BCUT2D eigenvalue weighted by Gasteiger charge is 2.37. The number of halogens is 1. The SMILES string of the molecule is O[C@H]1[C@H](Oc2ccc(Cl)cc2)CCC[C@@H]1N1CCOCC1. The Bertz CT molecular complexity index is 447. The number of aliphatic hydroxyl groups excluding tert-OH is 1. The van der Waals surface area contributed by atoms with Crippen molar-refractivity contribution >= 4 is 11.6 Å². The number of hydrogen-bond acceptors (Lipinski definition) is 4. The van der Waals surface area contributed by atoms with E-state index in [2.05, 4.69) is 4.90 Å². The molecule has 0 spiro atoms. The summed E-state index contributed by atoms with van der Waals surface area (Å²) < 4.78 is 11.4. The minimum absolute atomic E-state index is 0.146. The van der Waals surface area contributed by atoms with Crippen LogP contribution in [0.5, 0.6) is 5.75 Å². The van der Waals surface area contributed by atoms with Crippen molar-refractivity contribution in [1.29, 1.82) is 0 Å². The molecule has 3 rings (SSSR count). The fourth-order valence-electron chi connectivity index (χ4n) is 3.24. The van der Waals surface area contributed by atoms with Crippen LogP contribution in [0.3, 0.4) is 0 Å². The number of hydrogen-bond donors (Lipinski definition) is 1. The van der Waals surface area contributed by atoms with Crippen molar-refractivity contribution in [3.05, 3.63) is 29.3 Å². The highest BCUT2D eigenvalue weighted by Crippen LogP contribution is 2.28. The fraction of sp³-hybridized carbons (Fsp3) is 0.625. The zero-order valence-corrected chi connectivity index (χ0v) is 12.8. The number of ether oxygens (including phenoxy) is 2. The largest absolute Gasteiger partial charge is 0.488 e. The summed E-state index contributed by atoms with van der Waals surface area (Å²) in [4.78, 5) is 2.34. The first-order valence-electron chi connectivity index (χ1n) is 7.66. The Kier molecular flexibility index (Phi) is 5.01. The lowest BCUT2D eigenvalue weighted by Crippen LogP contribution is -2.55. The van der Waals surface area contributed by atoms with Crippen molar-refractivity contribution in [2.75, 3.05) is 26.3 Å². The maximum atomic E-state index is 10.7. The van der Waals surface area contributed by atoms with Crippen LogP contribution in [-0.2, 0) is 4.74 Å². The van der Waals surface area contributed by atoms with Crippen LogP contribution in [0.25, 0.3) is 0 Å². The quantitative estimate of drug-likeness (QED) is 0.930. The van der Waals surface area contributed by atoms with E-state index in [9.17, 15) is 5.11 Å². The predicted octanol–water partition coefficient (Wildman–Crippen LogP) is 2.33. The molecule has 1 saturated carbocycles. The molecule has 116 valence electrons. The monoisotopic (exact) mass is 311 g/mol. The van der Waals surface area contributed by atoms with Gasteiger partial charge >= 0.3 is 0 Å². The molecule has 0 amide bonds. The van der Waals surface area contributed by atoms with E-state index in [0.717, 1.165) is 51.3 Å². The summed E-state index contributed by atoms with van der Waals surface area (Å²) >= 11 is 5.88. The second kappa shape index (κ2) is 6.97. The number of rotatable bonds is 3. The van der Waals surface area contributed by atoms with E-state index >= 15 is 0 Å². The van der Waals surface area contributed by atoms with Gasteiger partial charge in [0.05, 0.1) is 13.2 Å². The van der Waals surface area contributed by atoms with Gasteiger partial charge in [-0.3, -0.25) is 4.90 Å². The van der Waals surface area contributed by atoms with Crippen LogP contribution in [0.1, 0.15) is 19.3 Å². The number of nitrogens with zero attached hydrogens (tertiary/aromatic N) is 1. The van der Waals surface area contributed by atoms with Crippen molar-refractivity contribution in [1.82, 2.24) is 4.90 Å². The van der Waals surface area contributed by atoms with Crippen molar-refractivity contribution < 1.29 is 14.6 Å². The van der Waals surface area contributed by atoms with Gasteiger partial charge in [-0.05, 0) is 43.5 Å². The predicted molar refractivity (Wildman–Crippen MR) is 81.9 cm³/mol. The minimum Gasteiger partial charge on any atom is -0.488 e. The molecule has 1 heterocycles. The summed E-state index contributed by atoms with van der Waals surface area (Å²) in [6, 6.07) is 7.51. The average molecular weight is 312 g/mol. The Morgan fingerprint density at radius 3 is 2.57 bits per heavy atom. The Morgan fingerprint density at radius 2 is 1.86 bits per heavy atom. The van der Waals surface area contributed by atoms with Gasteiger partial charge in [0.15, 0.2) is 0 Å². The molecule has 1 N–H and O–H groups in total. The second-order valence-corrected chi connectivity index (χ2v) is 6.18. The molecule has 1 aromatic rings. The lowest BCUT2D eigenvalue weighted by Gasteiger charge is -2.42. The normalized spacial score (nSPS) is 31.0. The summed E-state index contributed by atoms with van der Waals surface area (Å²) in [5, 5.41) is 11.4. The lowest BCUT2D eigenvalue weighted by molar-refractivity contribution is -0.0775. The molecular formula is C16H22ClNO3. The van der Waals surface area contributed by atoms with Gasteiger partial charge in [0.2, 0.25) is 0 Å². The molecule has 4 nitrogen and oxygen atoms in total. The molecule has 0 bridgehead atoms. The van der Waals surface area contributed by atoms with Gasteiger partial charge in [-0.15, -0.1) is 0 Å². The molecule has 1 saturated heterocycles. The molecule has 1 aliphatic heterocycles. The van der Waals surface area contributed by atoms with Gasteiger partial charge in [0, 0.05) is 24.2 Å². The third-order valence-electron chi connectivity index (χ3n) is 4.38. The van der Waals surface area contributed by atoms with E-state index in [0.29, 0.717) is 5.02 Å². The molecule has 0 aromatic heterocycles. The Morgan fingerprint density at radius 1 is 1.14 bits per heavy atom. The smallest absolute Gasteiger partial charge is 0.126 e. The Balaban J connectivity index is 1.63. The number of benzene rings is 1. The highest BCUT2D eigenvalue weighted by molar-refractivity contribution is 6.30. The summed E-state index contributed by atoms with van der Waals surface area (Å²) in [6.45, 7) is 3.31. The van der Waals surface area contributed by atoms with Crippen LogP contribution in [0.15, 0.2) is 24.3 Å². The first-order chi connectivity index (χ1) is 10.2. The molecule has 0 unspecified atom stereocenters. The molecule has 2 fully saturated rings. The summed E-state index contributed by atoms with van der Waals surface area (Å²) in [5.41, 5.74) is 0. The van der Waals surface area contributed by atoms with Gasteiger partial charge in [-0.1, -0.05) is 11.6 Å². The summed E-state index contributed by atoms with van der Waals surface area (Å²) in [7, 11) is 0. The van der Waals surface area contributed by atoms with E-state index in [-0.39, 0.29) is 12.1 Å². The van der Waals surface area contributed by atoms with Gasteiger partial charge in [-0.2, -0.15) is 0 Å². The summed E-state index contributed by atoms with van der Waals surface area (Å²) in [5.74, 6) is 0.770. The number of aliphatic hydroxyl groups is 1. The third-order valence-corrected chi connectivity index (χ3v) is 4.63. The van der Waals surface area contributed by atoms with Crippen LogP contribution in [0.2, 0.25) is 5.02 Å². The molecule has 1 aromatic carbocycles. The third kappa shape index (κ3) is 3.69. The van der Waals surface area contributed by atoms with Crippen LogP contribution in [-0.4, -0.2) is 54.6 Å². The molecule has 1 aliphatic carbocycles. The topological polar surface area (TPSA) is 41.9 Å². The van der Waals surface area contributed by atoms with Crippen molar-refractivity contribution in [3.8, 4) is 5.75 Å². The maximum Gasteiger partial charge on any atom is 0.126 e. The second-order valence-electron chi connectivity index (χ2n) is 5.75.